The molecule has 2 aliphatic rings. The molecule has 0 spiro atoms. The Morgan fingerprint density at radius 2 is 2.00 bits per heavy atom. The maximum absolute atomic E-state index is 14.3. The third-order valence-electron chi connectivity index (χ3n) is 6.90. The number of benzene rings is 1. The number of anilines is 3. The van der Waals surface area contributed by atoms with Crippen LogP contribution in [-0.2, 0) is 9.53 Å². The Balaban J connectivity index is 1.21. The Bertz CT molecular complexity index is 1340. The SMILES string of the molecule is CCNC(=O)[C@H]1O[C@@H](n2cnc3c(N)nc(NCCN4CCN(c5ccc(Cl)cc5F)CC4)nc32)[C@H](O)[C@@H]1O. The number of hydrogen-bond acceptors (Lipinski definition) is 11. The molecule has 15 heteroatoms. The summed E-state index contributed by atoms with van der Waals surface area (Å²) in [7, 11) is 0. The first-order valence-electron chi connectivity index (χ1n) is 12.7. The standard InChI is InChI=1S/C24H31ClFN9O4/c1-2-28-22(38)19-17(36)18(37)23(39-19)35-12-30-16-20(27)31-24(32-21(16)35)29-5-6-33-7-9-34(10-8-33)15-4-3-13(25)11-14(15)26/h3-4,11-12,17-19,23,36-37H,2,5-10H2,1H3,(H,28,38)(H3,27,29,31,32)/t17-,18+,19-,23+/m0/s1. The van der Waals surface area contributed by atoms with Crippen LogP contribution < -0.4 is 21.3 Å². The summed E-state index contributed by atoms with van der Waals surface area (Å²) in [5, 5.41) is 27.1. The fourth-order valence-electron chi connectivity index (χ4n) is 4.86. The molecule has 39 heavy (non-hydrogen) atoms. The Labute approximate surface area is 228 Å². The highest BCUT2D eigenvalue weighted by atomic mass is 35.5. The number of piperazine rings is 1. The third-order valence-corrected chi connectivity index (χ3v) is 7.14. The van der Waals surface area contributed by atoms with E-state index in [1.54, 1.807) is 19.1 Å². The molecule has 0 aliphatic carbocycles. The molecular weight excluding hydrogens is 533 g/mol. The summed E-state index contributed by atoms with van der Waals surface area (Å²) in [6.07, 6.45) is -3.77. The topological polar surface area (TPSA) is 167 Å². The van der Waals surface area contributed by atoms with Crippen LogP contribution in [0.25, 0.3) is 11.2 Å². The van der Waals surface area contributed by atoms with E-state index >= 15 is 0 Å². The zero-order valence-electron chi connectivity index (χ0n) is 21.3. The maximum atomic E-state index is 14.3. The fraction of sp³-hybridized carbons (Fsp3) is 0.500. The quantitative estimate of drug-likeness (QED) is 0.254. The van der Waals surface area contributed by atoms with Crippen LogP contribution in [-0.4, -0.2) is 105 Å². The summed E-state index contributed by atoms with van der Waals surface area (Å²) in [4.78, 5) is 29.5. The first-order chi connectivity index (χ1) is 18.8. The number of aliphatic hydroxyl groups excluding tert-OH is 2. The second-order valence-corrected chi connectivity index (χ2v) is 9.87. The summed E-state index contributed by atoms with van der Waals surface area (Å²) in [5.41, 5.74) is 7.25. The molecule has 6 N–H and O–H groups in total. The highest BCUT2D eigenvalue weighted by molar-refractivity contribution is 6.30. The number of carbonyl (C=O) groups excluding carboxylic acids is 1. The second kappa shape index (κ2) is 11.4. The number of amides is 1. The van der Waals surface area contributed by atoms with Crippen LogP contribution in [0.3, 0.4) is 0 Å². The molecule has 0 saturated carbocycles. The first-order valence-corrected chi connectivity index (χ1v) is 13.1. The minimum absolute atomic E-state index is 0.133. The number of aliphatic hydroxyl groups is 2. The van der Waals surface area contributed by atoms with Crippen molar-refractivity contribution in [3.63, 3.8) is 0 Å². The van der Waals surface area contributed by atoms with Crippen LogP contribution in [0, 0.1) is 5.82 Å². The number of aromatic nitrogens is 4. The number of nitrogen functional groups attached to an aromatic ring is 1. The van der Waals surface area contributed by atoms with Crippen molar-refractivity contribution in [1.29, 1.82) is 0 Å². The number of ether oxygens (including phenoxy) is 1. The number of imidazole rings is 1. The van der Waals surface area contributed by atoms with Gasteiger partial charge >= 0.3 is 0 Å². The van der Waals surface area contributed by atoms with E-state index in [1.807, 2.05) is 4.90 Å². The zero-order valence-corrected chi connectivity index (χ0v) is 22.1. The molecule has 5 rings (SSSR count). The van der Waals surface area contributed by atoms with Crippen molar-refractivity contribution in [1.82, 2.24) is 29.7 Å². The summed E-state index contributed by atoms with van der Waals surface area (Å²) in [5.74, 6) is -0.455. The molecule has 3 aromatic rings. The molecule has 1 amide bonds. The van der Waals surface area contributed by atoms with E-state index in [-0.39, 0.29) is 23.2 Å². The first kappa shape index (κ1) is 27.3. The van der Waals surface area contributed by atoms with Crippen molar-refractivity contribution in [3.05, 3.63) is 35.4 Å². The largest absolute Gasteiger partial charge is 0.387 e. The van der Waals surface area contributed by atoms with Gasteiger partial charge in [0.1, 0.15) is 23.5 Å². The number of fused-ring (bicyclic) bond motifs is 1. The van der Waals surface area contributed by atoms with Crippen molar-refractivity contribution in [2.24, 2.45) is 0 Å². The molecule has 4 heterocycles. The number of carbonyl (C=O) groups is 1. The van der Waals surface area contributed by atoms with E-state index in [1.165, 1.54) is 17.0 Å². The number of nitrogens with two attached hydrogens (primary N) is 1. The van der Waals surface area contributed by atoms with E-state index in [9.17, 15) is 19.4 Å². The lowest BCUT2D eigenvalue weighted by atomic mass is 10.1. The van der Waals surface area contributed by atoms with Gasteiger partial charge in [0.25, 0.3) is 5.91 Å². The molecule has 1 aromatic carbocycles. The lowest BCUT2D eigenvalue weighted by molar-refractivity contribution is -0.137. The average Bonchev–Trinajstić information content (AvgIpc) is 3.46. The van der Waals surface area contributed by atoms with Gasteiger partial charge in [-0.25, -0.2) is 9.37 Å². The maximum Gasteiger partial charge on any atom is 0.252 e. The van der Waals surface area contributed by atoms with Gasteiger partial charge in [0.15, 0.2) is 23.8 Å². The molecule has 2 aromatic heterocycles. The molecule has 2 fully saturated rings. The molecule has 2 saturated heterocycles. The van der Waals surface area contributed by atoms with E-state index in [0.717, 1.165) is 13.1 Å². The van der Waals surface area contributed by atoms with Crippen LogP contribution >= 0.6 is 11.6 Å². The monoisotopic (exact) mass is 563 g/mol. The van der Waals surface area contributed by atoms with E-state index in [4.69, 9.17) is 22.1 Å². The normalized spacial score (nSPS) is 23.9. The number of rotatable bonds is 8. The molecule has 13 nitrogen and oxygen atoms in total. The lowest BCUT2D eigenvalue weighted by Crippen LogP contribution is -2.47. The summed E-state index contributed by atoms with van der Waals surface area (Å²) < 4.78 is 21.4. The molecular formula is C24H31ClFN9O4. The van der Waals surface area contributed by atoms with Crippen molar-refractivity contribution in [2.75, 3.05) is 61.8 Å². The molecule has 0 radical (unpaired) electrons. The van der Waals surface area contributed by atoms with Crippen molar-refractivity contribution in [3.8, 4) is 0 Å². The van der Waals surface area contributed by atoms with Crippen molar-refractivity contribution >= 4 is 46.1 Å². The van der Waals surface area contributed by atoms with Crippen molar-refractivity contribution in [2.45, 2.75) is 31.5 Å². The smallest absolute Gasteiger partial charge is 0.252 e. The highest BCUT2D eigenvalue weighted by Gasteiger charge is 2.47. The minimum Gasteiger partial charge on any atom is -0.387 e. The Hall–Kier alpha value is -3.30. The Morgan fingerprint density at radius 1 is 1.23 bits per heavy atom. The van der Waals surface area contributed by atoms with Gasteiger partial charge < -0.3 is 36.2 Å². The van der Waals surface area contributed by atoms with E-state index in [0.29, 0.717) is 49.0 Å². The molecule has 210 valence electrons. The highest BCUT2D eigenvalue weighted by Crippen LogP contribution is 2.32. The molecule has 0 bridgehead atoms. The fourth-order valence-corrected chi connectivity index (χ4v) is 5.02. The number of likely N-dealkylation sites (N-methyl/N-ethyl adjacent to an activating group) is 1. The van der Waals surface area contributed by atoms with Crippen LogP contribution in [0.5, 0.6) is 0 Å². The number of halogens is 2. The van der Waals surface area contributed by atoms with E-state index in [2.05, 4.69) is 30.5 Å². The summed E-state index contributed by atoms with van der Waals surface area (Å²) in [6, 6.07) is 4.71. The summed E-state index contributed by atoms with van der Waals surface area (Å²) >= 11 is 5.87. The van der Waals surface area contributed by atoms with Gasteiger partial charge in [-0.2, -0.15) is 9.97 Å². The third kappa shape index (κ3) is 5.56. The predicted octanol–water partition coefficient (Wildman–Crippen LogP) is 0.190. The van der Waals surface area contributed by atoms with Gasteiger partial charge in [-0.3, -0.25) is 14.3 Å². The number of nitrogens with zero attached hydrogens (tertiary/aromatic N) is 6. The zero-order chi connectivity index (χ0) is 27.7. The summed E-state index contributed by atoms with van der Waals surface area (Å²) in [6.45, 7) is 6.19. The second-order valence-electron chi connectivity index (χ2n) is 9.43. The predicted molar refractivity (Wildman–Crippen MR) is 143 cm³/mol. The minimum atomic E-state index is -1.42. The van der Waals surface area contributed by atoms with Crippen molar-refractivity contribution < 1.29 is 24.1 Å². The van der Waals surface area contributed by atoms with Crippen LogP contribution in [0.4, 0.5) is 21.8 Å². The number of hydrogen-bond donors (Lipinski definition) is 5. The van der Waals surface area contributed by atoms with Crippen LogP contribution in [0.1, 0.15) is 13.2 Å². The van der Waals surface area contributed by atoms with E-state index < -0.39 is 30.4 Å². The van der Waals surface area contributed by atoms with Gasteiger partial charge in [-0.05, 0) is 25.1 Å². The molecule has 2 aliphatic heterocycles. The Kier molecular flexibility index (Phi) is 8.00. The van der Waals surface area contributed by atoms with Gasteiger partial charge in [0, 0.05) is 50.8 Å². The number of nitrogens with one attached hydrogen (secondary N) is 2. The average molecular weight is 564 g/mol. The van der Waals surface area contributed by atoms with Gasteiger partial charge in [-0.15, -0.1) is 0 Å². The molecule has 0 unspecified atom stereocenters. The van der Waals surface area contributed by atoms with Crippen LogP contribution in [0.2, 0.25) is 5.02 Å². The van der Waals surface area contributed by atoms with Crippen LogP contribution in [0.15, 0.2) is 24.5 Å². The molecule has 4 atom stereocenters. The van der Waals surface area contributed by atoms with Gasteiger partial charge in [0.2, 0.25) is 5.95 Å². The van der Waals surface area contributed by atoms with Gasteiger partial charge in [0.05, 0.1) is 12.0 Å². The Morgan fingerprint density at radius 3 is 2.72 bits per heavy atom. The van der Waals surface area contributed by atoms with Gasteiger partial charge in [-0.1, -0.05) is 11.6 Å². The lowest BCUT2D eigenvalue weighted by Gasteiger charge is -2.36.